The molecule has 4 nitrogen and oxygen atoms in total. The van der Waals surface area contributed by atoms with Crippen LogP contribution in [0.4, 0.5) is 0 Å². The number of imidazole rings is 1. The van der Waals surface area contributed by atoms with Crippen molar-refractivity contribution in [2.45, 2.75) is 86.0 Å². The number of aldehydes is 1. The molecule has 4 rings (SSSR count). The fourth-order valence-electron chi connectivity index (χ4n) is 5.27. The Bertz CT molecular complexity index is 1610. The van der Waals surface area contributed by atoms with Crippen molar-refractivity contribution in [2.24, 2.45) is 0 Å². The van der Waals surface area contributed by atoms with Crippen molar-refractivity contribution in [3.8, 4) is 21.9 Å². The van der Waals surface area contributed by atoms with E-state index in [1.807, 2.05) is 18.2 Å². The van der Waals surface area contributed by atoms with E-state index in [0.717, 1.165) is 13.7 Å². The molecule has 237 valence electrons. The number of carbonyl (C=O) groups is 2. The molecule has 1 aromatic heterocycles. The molecular formula is C38H46AuN2O2S. The molecule has 0 unspecified atom stereocenters. The van der Waals surface area contributed by atoms with Crippen molar-refractivity contribution in [3.63, 3.8) is 0 Å². The van der Waals surface area contributed by atoms with E-state index < -0.39 is 18.0 Å². The van der Waals surface area contributed by atoms with Gasteiger partial charge >= 0.3 is 259 Å². The minimum atomic E-state index is -2.43. The van der Waals surface area contributed by atoms with Gasteiger partial charge in [0.2, 0.25) is 0 Å². The van der Waals surface area contributed by atoms with Crippen molar-refractivity contribution >= 4 is 27.8 Å². The number of carbonyl (C=O) groups excluding carboxylic acids is 2. The molecule has 0 radical (unpaired) electrons. The summed E-state index contributed by atoms with van der Waals surface area (Å²) in [4.78, 5) is 21.1. The Kier molecular flexibility index (Phi) is 12.6. The SMILES string of the molecule is C#[C][Au]([c]1cccc(C(=O)S)c1)=[c]1n(-c2c(C(C)C)cccc2C(C)C)ccn1-c1c(C(C)C)cccc1C(C)C.CC=O. The molecule has 0 bridgehead atoms. The first-order chi connectivity index (χ1) is 20.9. The second kappa shape index (κ2) is 15.7. The van der Waals surface area contributed by atoms with Gasteiger partial charge in [-0.15, -0.1) is 0 Å². The van der Waals surface area contributed by atoms with Crippen molar-refractivity contribution in [1.29, 1.82) is 0 Å². The number of para-hydroxylation sites is 2. The number of terminal acetylenes is 1. The Morgan fingerprint density at radius 3 is 1.43 bits per heavy atom. The maximum Gasteiger partial charge on any atom is 0.116 e. The minimum Gasteiger partial charge on any atom is -0.304 e. The first-order valence-corrected chi connectivity index (χ1v) is 18.8. The zero-order chi connectivity index (χ0) is 32.7. The average molecular weight is 792 g/mol. The molecule has 0 aliphatic rings. The minimum absolute atomic E-state index is 0.249. The van der Waals surface area contributed by atoms with Gasteiger partial charge in [0.1, 0.15) is 6.29 Å². The first kappa shape index (κ1) is 35.3. The topological polar surface area (TPSA) is 44.0 Å². The fourth-order valence-corrected chi connectivity index (χ4v) is 9.68. The van der Waals surface area contributed by atoms with Crippen LogP contribution in [0.15, 0.2) is 73.1 Å². The Labute approximate surface area is 275 Å². The maximum absolute atomic E-state index is 12.3. The number of hydrogen-bond donors (Lipinski definition) is 1. The van der Waals surface area contributed by atoms with Crippen LogP contribution in [0.5, 0.6) is 0 Å². The number of thiol groups is 1. The molecule has 0 atom stereocenters. The van der Waals surface area contributed by atoms with E-state index >= 15 is 0 Å². The van der Waals surface area contributed by atoms with E-state index in [1.165, 1.54) is 40.6 Å². The van der Waals surface area contributed by atoms with E-state index in [1.54, 1.807) is 0 Å². The molecule has 44 heavy (non-hydrogen) atoms. The molecule has 0 spiro atoms. The molecule has 0 aliphatic carbocycles. The number of nitrogens with zero attached hydrogens (tertiary/aromatic N) is 2. The third kappa shape index (κ3) is 7.56. The number of aromatic nitrogens is 2. The molecule has 0 saturated carbocycles. The summed E-state index contributed by atoms with van der Waals surface area (Å²) in [7, 11) is 0. The van der Waals surface area contributed by atoms with Gasteiger partial charge in [-0.1, -0.05) is 0 Å². The molecule has 0 fully saturated rings. The second-order valence-electron chi connectivity index (χ2n) is 11.8. The van der Waals surface area contributed by atoms with E-state index in [-0.39, 0.29) is 5.12 Å². The zero-order valence-corrected chi connectivity index (χ0v) is 30.4. The first-order valence-electron chi connectivity index (χ1n) is 15.1. The zero-order valence-electron chi connectivity index (χ0n) is 27.4. The summed E-state index contributed by atoms with van der Waals surface area (Å²) in [5, 5.41) is -0.249. The van der Waals surface area contributed by atoms with Crippen LogP contribution in [0, 0.1) is 14.2 Å². The molecule has 0 N–H and O–H groups in total. The van der Waals surface area contributed by atoms with Crippen LogP contribution < -0.4 is 3.78 Å². The van der Waals surface area contributed by atoms with Gasteiger partial charge in [0.25, 0.3) is 0 Å². The molecule has 1 heterocycles. The van der Waals surface area contributed by atoms with Crippen LogP contribution in [0.1, 0.15) is 119 Å². The Hall–Kier alpha value is -3.14. The van der Waals surface area contributed by atoms with Crippen LogP contribution in [0.3, 0.4) is 0 Å². The predicted molar refractivity (Wildman–Crippen MR) is 185 cm³/mol. The molecule has 0 aliphatic heterocycles. The molecule has 6 heteroatoms. The van der Waals surface area contributed by atoms with Gasteiger partial charge in [0, 0.05) is 0 Å². The standard InChI is InChI=1S/C27H36N2.C7H5OS.C2H4O.C2H.Au/c1-18(2)22-11-9-12-23(19(3)4)26(22)28-15-16-29(17-28)27-24(20(5)6)13-10-14-25(27)21(7)8;8-7(9)6-4-2-1-3-5-6;1-2-3;1-2;/h9-16,18-21H,1-8H3;1-2,4-5H,(H,8,9);2H,1H3;1H;. The van der Waals surface area contributed by atoms with E-state index in [4.69, 9.17) is 11.2 Å². The van der Waals surface area contributed by atoms with Crippen LogP contribution in [-0.4, -0.2) is 20.5 Å². The van der Waals surface area contributed by atoms with Gasteiger partial charge in [-0.2, -0.15) is 0 Å². The summed E-state index contributed by atoms with van der Waals surface area (Å²) < 4.78 is 10.2. The molecular weight excluding hydrogens is 745 g/mol. The monoisotopic (exact) mass is 791 g/mol. The van der Waals surface area contributed by atoms with Crippen LogP contribution >= 0.6 is 12.6 Å². The summed E-state index contributed by atoms with van der Waals surface area (Å²) >= 11 is 1.69. The van der Waals surface area contributed by atoms with Gasteiger partial charge in [-0.25, -0.2) is 0 Å². The smallest absolute Gasteiger partial charge is 0.116 e. The van der Waals surface area contributed by atoms with Gasteiger partial charge in [0.05, 0.1) is 0 Å². The summed E-state index contributed by atoms with van der Waals surface area (Å²) in [5.41, 5.74) is 8.20. The summed E-state index contributed by atoms with van der Waals surface area (Å²) in [5.74, 6) is 1.33. The predicted octanol–water partition coefficient (Wildman–Crippen LogP) is 9.10. The molecule has 0 amide bonds. The molecule has 4 aromatic rings. The summed E-state index contributed by atoms with van der Waals surface area (Å²) in [6.45, 7) is 19.5. The van der Waals surface area contributed by atoms with E-state index in [9.17, 15) is 4.79 Å². The number of rotatable bonds is 8. The third-order valence-electron chi connectivity index (χ3n) is 7.34. The Morgan fingerprint density at radius 2 is 1.11 bits per heavy atom. The second-order valence-corrected chi connectivity index (χ2v) is 16.7. The van der Waals surface area contributed by atoms with E-state index in [0.29, 0.717) is 29.2 Å². The average Bonchev–Trinajstić information content (AvgIpc) is 3.41. The number of hydrogen-bond acceptors (Lipinski definition) is 2. The molecule has 3 aromatic carbocycles. The Morgan fingerprint density at radius 1 is 0.750 bits per heavy atom. The van der Waals surface area contributed by atoms with Crippen LogP contribution in [0.2, 0.25) is 0 Å². The van der Waals surface area contributed by atoms with Gasteiger partial charge in [-0.3, -0.25) is 0 Å². The third-order valence-corrected chi connectivity index (χ3v) is 12.2. The van der Waals surface area contributed by atoms with Crippen LogP contribution in [0.25, 0.3) is 11.4 Å². The van der Waals surface area contributed by atoms with Crippen molar-refractivity contribution in [1.82, 2.24) is 9.13 Å². The van der Waals surface area contributed by atoms with Crippen LogP contribution in [-0.2, 0) is 22.8 Å². The molecule has 0 saturated heterocycles. The van der Waals surface area contributed by atoms with Crippen molar-refractivity contribution < 1.29 is 27.6 Å². The quantitative estimate of drug-likeness (QED) is 0.0838. The van der Waals surface area contributed by atoms with Crippen molar-refractivity contribution in [3.05, 3.63) is 105 Å². The fraction of sp³-hybridized carbons (Fsp3) is 0.342. The summed E-state index contributed by atoms with van der Waals surface area (Å²) in [6.07, 6.45) is 11.7. The van der Waals surface area contributed by atoms with Gasteiger partial charge in [-0.05, 0) is 6.92 Å². The van der Waals surface area contributed by atoms with Gasteiger partial charge < -0.3 is 4.79 Å². The van der Waals surface area contributed by atoms with Crippen molar-refractivity contribution in [2.75, 3.05) is 0 Å². The Balaban J connectivity index is 0.00000169. The van der Waals surface area contributed by atoms with Gasteiger partial charge in [0.15, 0.2) is 0 Å². The largest absolute Gasteiger partial charge is 0.304 e. The number of benzene rings is 3. The normalized spacial score (nSPS) is 11.4. The maximum atomic E-state index is 12.3. The summed E-state index contributed by atoms with van der Waals surface area (Å²) in [6, 6.07) is 21.1. The van der Waals surface area contributed by atoms with E-state index in [2.05, 4.69) is 136 Å².